The molecule has 176 valence electrons. The number of esters is 2. The summed E-state index contributed by atoms with van der Waals surface area (Å²) in [6.45, 7) is 0. The maximum absolute atomic E-state index is 13.3. The summed E-state index contributed by atoms with van der Waals surface area (Å²) in [6, 6.07) is 18.7. The Kier molecular flexibility index (Phi) is 6.91. The minimum absolute atomic E-state index is 0.110. The van der Waals surface area contributed by atoms with Crippen molar-refractivity contribution in [2.75, 3.05) is 0 Å². The molecule has 4 nitrogen and oxygen atoms in total. The summed E-state index contributed by atoms with van der Waals surface area (Å²) < 4.78 is 62.6. The van der Waals surface area contributed by atoms with Crippen LogP contribution in [0.5, 0.6) is 11.5 Å². The third kappa shape index (κ3) is 5.92. The van der Waals surface area contributed by atoms with Crippen LogP contribution in [-0.4, -0.2) is 11.9 Å². The molecule has 0 aliphatic rings. The van der Waals surface area contributed by atoms with Crippen molar-refractivity contribution in [3.8, 4) is 11.5 Å². The number of benzene rings is 4. The lowest BCUT2D eigenvalue weighted by atomic mass is 10.0. The molecule has 4 aromatic rings. The fourth-order valence-corrected chi connectivity index (χ4v) is 3.17. The zero-order valence-electron chi connectivity index (χ0n) is 17.9. The average molecular weight is 480 g/mol. The fourth-order valence-electron chi connectivity index (χ4n) is 3.17. The zero-order valence-corrected chi connectivity index (χ0v) is 17.9. The summed E-state index contributed by atoms with van der Waals surface area (Å²) >= 11 is 0. The molecule has 0 bridgehead atoms. The maximum Gasteiger partial charge on any atom is 0.343 e. The second-order valence-corrected chi connectivity index (χ2v) is 7.50. The van der Waals surface area contributed by atoms with Gasteiger partial charge in [0.1, 0.15) is 11.5 Å². The molecule has 4 rings (SSSR count). The number of halogens is 4. The van der Waals surface area contributed by atoms with Gasteiger partial charge in [-0.1, -0.05) is 24.3 Å². The van der Waals surface area contributed by atoms with Crippen LogP contribution in [0.2, 0.25) is 0 Å². The predicted molar refractivity (Wildman–Crippen MR) is 118 cm³/mol. The van der Waals surface area contributed by atoms with E-state index in [1.165, 1.54) is 0 Å². The van der Waals surface area contributed by atoms with Crippen LogP contribution in [0.4, 0.5) is 17.6 Å². The number of carbonyl (C=O) groups is 2. The van der Waals surface area contributed by atoms with Crippen LogP contribution < -0.4 is 9.47 Å². The number of ether oxygens (including phenoxy) is 2. The van der Waals surface area contributed by atoms with E-state index < -0.39 is 35.2 Å². The molecule has 0 saturated heterocycles. The molecule has 0 radical (unpaired) electrons. The maximum atomic E-state index is 13.3. The van der Waals surface area contributed by atoms with E-state index in [1.54, 1.807) is 48.5 Å². The Morgan fingerprint density at radius 1 is 0.514 bits per heavy atom. The van der Waals surface area contributed by atoms with E-state index in [0.29, 0.717) is 6.42 Å². The highest BCUT2D eigenvalue weighted by atomic mass is 19.2. The van der Waals surface area contributed by atoms with E-state index in [9.17, 15) is 27.2 Å². The van der Waals surface area contributed by atoms with Gasteiger partial charge in [0, 0.05) is 12.1 Å². The summed E-state index contributed by atoms with van der Waals surface area (Å²) in [5, 5.41) is 0. The first-order valence-corrected chi connectivity index (χ1v) is 10.3. The number of rotatable bonds is 6. The zero-order chi connectivity index (χ0) is 24.9. The predicted octanol–water partition coefficient (Wildman–Crippen LogP) is 6.27. The molecule has 0 fully saturated rings. The topological polar surface area (TPSA) is 52.6 Å². The molecular weight excluding hydrogens is 464 g/mol. The lowest BCUT2D eigenvalue weighted by Crippen LogP contribution is -2.09. The molecule has 0 N–H and O–H groups in total. The van der Waals surface area contributed by atoms with Gasteiger partial charge in [-0.2, -0.15) is 0 Å². The van der Waals surface area contributed by atoms with Crippen molar-refractivity contribution in [1.82, 2.24) is 0 Å². The van der Waals surface area contributed by atoms with Crippen LogP contribution in [0.25, 0.3) is 0 Å². The third-order valence-electron chi connectivity index (χ3n) is 4.99. The van der Waals surface area contributed by atoms with Crippen molar-refractivity contribution in [2.45, 2.75) is 6.42 Å². The van der Waals surface area contributed by atoms with E-state index in [2.05, 4.69) is 0 Å². The minimum atomic E-state index is -1.12. The van der Waals surface area contributed by atoms with E-state index >= 15 is 0 Å². The van der Waals surface area contributed by atoms with Crippen LogP contribution in [0.15, 0.2) is 84.9 Å². The van der Waals surface area contributed by atoms with E-state index in [4.69, 9.17) is 9.47 Å². The lowest BCUT2D eigenvalue weighted by Gasteiger charge is -2.07. The first-order valence-electron chi connectivity index (χ1n) is 10.3. The third-order valence-corrected chi connectivity index (χ3v) is 4.99. The van der Waals surface area contributed by atoms with Crippen LogP contribution in [0.3, 0.4) is 0 Å². The van der Waals surface area contributed by atoms with Crippen molar-refractivity contribution in [2.24, 2.45) is 0 Å². The Hall–Kier alpha value is -4.46. The summed E-state index contributed by atoms with van der Waals surface area (Å²) in [7, 11) is 0. The molecule has 0 aliphatic carbocycles. The van der Waals surface area contributed by atoms with E-state index in [-0.39, 0.29) is 22.6 Å². The van der Waals surface area contributed by atoms with Crippen LogP contribution in [0, 0.1) is 23.3 Å². The van der Waals surface area contributed by atoms with Gasteiger partial charge in [-0.25, -0.2) is 27.2 Å². The van der Waals surface area contributed by atoms with Gasteiger partial charge in [0.2, 0.25) is 0 Å². The molecule has 0 saturated carbocycles. The summed E-state index contributed by atoms with van der Waals surface area (Å²) in [6.07, 6.45) is 0.497. The Morgan fingerprint density at radius 3 is 1.23 bits per heavy atom. The molecule has 0 heterocycles. The molecule has 0 aromatic heterocycles. The first-order chi connectivity index (χ1) is 16.8. The van der Waals surface area contributed by atoms with Gasteiger partial charge in [0.15, 0.2) is 23.3 Å². The molecule has 0 aliphatic heterocycles. The number of hydrogen-bond acceptors (Lipinski definition) is 4. The smallest absolute Gasteiger partial charge is 0.343 e. The fraction of sp³-hybridized carbons (Fsp3) is 0.0370. The highest BCUT2D eigenvalue weighted by Gasteiger charge is 2.13. The van der Waals surface area contributed by atoms with Crippen molar-refractivity contribution >= 4 is 11.9 Å². The van der Waals surface area contributed by atoms with Gasteiger partial charge in [0.25, 0.3) is 0 Å². The van der Waals surface area contributed by atoms with Gasteiger partial charge in [0.05, 0.1) is 11.1 Å². The average Bonchev–Trinajstić information content (AvgIpc) is 2.84. The highest BCUT2D eigenvalue weighted by Crippen LogP contribution is 2.19. The van der Waals surface area contributed by atoms with Crippen molar-refractivity contribution in [3.05, 3.63) is 130 Å². The second-order valence-electron chi connectivity index (χ2n) is 7.50. The lowest BCUT2D eigenvalue weighted by molar-refractivity contribution is 0.0724. The van der Waals surface area contributed by atoms with Crippen LogP contribution >= 0.6 is 0 Å². The van der Waals surface area contributed by atoms with Crippen molar-refractivity contribution in [1.29, 1.82) is 0 Å². The molecule has 4 aromatic carbocycles. The molecular formula is C27H16F4O4. The normalized spacial score (nSPS) is 10.6. The summed E-state index contributed by atoms with van der Waals surface area (Å²) in [5.74, 6) is -5.96. The molecule has 0 unspecified atom stereocenters. The molecule has 8 heteroatoms. The molecule has 0 atom stereocenters. The largest absolute Gasteiger partial charge is 0.423 e. The molecule has 35 heavy (non-hydrogen) atoms. The van der Waals surface area contributed by atoms with Crippen LogP contribution in [-0.2, 0) is 6.42 Å². The minimum Gasteiger partial charge on any atom is -0.423 e. The summed E-state index contributed by atoms with van der Waals surface area (Å²) in [5.41, 5.74) is 2.19. The monoisotopic (exact) mass is 480 g/mol. The van der Waals surface area contributed by atoms with E-state index in [0.717, 1.165) is 47.5 Å². The van der Waals surface area contributed by atoms with Crippen LogP contribution in [0.1, 0.15) is 31.8 Å². The Bertz CT molecular complexity index is 1280. The second kappa shape index (κ2) is 10.2. The Balaban J connectivity index is 1.36. The standard InChI is InChI=1S/C27H16F4O4/c28-22-11-9-20(14-24(22)30)34-26(32)18-5-1-16(2-6-18)13-17-3-7-19(8-4-17)27(33)35-21-10-12-23(29)25(31)15-21/h1-12,14-15H,13H2. The van der Waals surface area contributed by atoms with Gasteiger partial charge >= 0.3 is 11.9 Å². The summed E-state index contributed by atoms with van der Waals surface area (Å²) in [4.78, 5) is 24.5. The van der Waals surface area contributed by atoms with Gasteiger partial charge in [-0.15, -0.1) is 0 Å². The van der Waals surface area contributed by atoms with Gasteiger partial charge < -0.3 is 9.47 Å². The Morgan fingerprint density at radius 2 is 0.886 bits per heavy atom. The first kappa shape index (κ1) is 23.7. The Labute approximate surface area is 197 Å². The van der Waals surface area contributed by atoms with Crippen molar-refractivity contribution < 1.29 is 36.6 Å². The highest BCUT2D eigenvalue weighted by molar-refractivity contribution is 5.91. The van der Waals surface area contributed by atoms with Crippen molar-refractivity contribution in [3.63, 3.8) is 0 Å². The quantitative estimate of drug-likeness (QED) is 0.185. The molecule has 0 spiro atoms. The van der Waals surface area contributed by atoms with E-state index in [1.807, 2.05) is 0 Å². The number of carbonyl (C=O) groups excluding carboxylic acids is 2. The SMILES string of the molecule is O=C(Oc1ccc(F)c(F)c1)c1ccc(Cc2ccc(C(=O)Oc3ccc(F)c(F)c3)cc2)cc1. The van der Waals surface area contributed by atoms with Gasteiger partial charge in [-0.05, 0) is 66.1 Å². The molecule has 0 amide bonds. The number of hydrogen-bond donors (Lipinski definition) is 0. The van der Waals surface area contributed by atoms with Gasteiger partial charge in [-0.3, -0.25) is 0 Å².